The predicted molar refractivity (Wildman–Crippen MR) is 135 cm³/mol. The number of nitrogens with zero attached hydrogens (tertiary/aromatic N) is 4. The van der Waals surface area contributed by atoms with Gasteiger partial charge in [0, 0.05) is 38.2 Å². The molecule has 0 aromatic heterocycles. The van der Waals surface area contributed by atoms with Gasteiger partial charge in [-0.1, -0.05) is 18.2 Å². The molecule has 2 atom stereocenters. The number of carbonyl (C=O) groups is 2. The van der Waals surface area contributed by atoms with Crippen molar-refractivity contribution in [2.24, 2.45) is 16.8 Å². The maximum Gasteiger partial charge on any atom is 0.338 e. The molecule has 0 bridgehead atoms. The summed E-state index contributed by atoms with van der Waals surface area (Å²) in [7, 11) is 0. The summed E-state index contributed by atoms with van der Waals surface area (Å²) in [6.07, 6.45) is 2.35. The first-order valence-corrected chi connectivity index (χ1v) is 12.2. The molecule has 0 aliphatic carbocycles. The van der Waals surface area contributed by atoms with E-state index in [-0.39, 0.29) is 24.0 Å². The minimum absolute atomic E-state index is 0.0526. The van der Waals surface area contributed by atoms with Crippen LogP contribution in [0, 0.1) is 6.92 Å². The summed E-state index contributed by atoms with van der Waals surface area (Å²) in [4.78, 5) is 29.2. The third-order valence-corrected chi connectivity index (χ3v) is 7.43. The van der Waals surface area contributed by atoms with Gasteiger partial charge in [-0.15, -0.1) is 0 Å². The molecular formula is C26H32N6O4. The van der Waals surface area contributed by atoms with Crippen LogP contribution in [-0.2, 0) is 27.3 Å². The van der Waals surface area contributed by atoms with Crippen molar-refractivity contribution in [3.63, 3.8) is 0 Å². The van der Waals surface area contributed by atoms with Gasteiger partial charge in [-0.05, 0) is 48.2 Å². The van der Waals surface area contributed by atoms with Crippen LogP contribution in [0.4, 0.5) is 5.69 Å². The van der Waals surface area contributed by atoms with Crippen molar-refractivity contribution in [3.05, 3.63) is 64.2 Å². The number of esters is 1. The van der Waals surface area contributed by atoms with E-state index >= 15 is 0 Å². The van der Waals surface area contributed by atoms with Crippen LogP contribution in [0.25, 0.3) is 0 Å². The monoisotopic (exact) mass is 492 g/mol. The second kappa shape index (κ2) is 10.3. The van der Waals surface area contributed by atoms with Crippen LogP contribution in [0.3, 0.4) is 0 Å². The number of cyclic esters (lactones) is 1. The molecule has 1 amide bonds. The summed E-state index contributed by atoms with van der Waals surface area (Å²) < 4.78 is 11.5. The molecular weight excluding hydrogens is 460 g/mol. The molecule has 3 heterocycles. The number of benzene rings is 2. The quantitative estimate of drug-likeness (QED) is 0.204. The molecule has 4 N–H and O–H groups in total. The van der Waals surface area contributed by atoms with Gasteiger partial charge in [0.05, 0.1) is 30.0 Å². The molecule has 5 rings (SSSR count). The first-order valence-electron chi connectivity index (χ1n) is 12.2. The van der Waals surface area contributed by atoms with Gasteiger partial charge in [-0.3, -0.25) is 14.7 Å². The third-order valence-electron chi connectivity index (χ3n) is 7.43. The maximum atomic E-state index is 13.0. The van der Waals surface area contributed by atoms with E-state index in [0.29, 0.717) is 44.7 Å². The number of fused-ring (bicyclic) bond motifs is 2. The number of hydrogen-bond donors (Lipinski definition) is 2. The zero-order valence-corrected chi connectivity index (χ0v) is 20.4. The topological polar surface area (TPSA) is 127 Å². The Balaban J connectivity index is 1.16. The lowest BCUT2D eigenvalue weighted by Crippen LogP contribution is -2.59. The van der Waals surface area contributed by atoms with Gasteiger partial charge >= 0.3 is 5.97 Å². The number of piperazine rings is 1. The van der Waals surface area contributed by atoms with Gasteiger partial charge in [0.15, 0.2) is 0 Å². The number of carbonyl (C=O) groups excluding carboxylic acids is 2. The van der Waals surface area contributed by atoms with Crippen molar-refractivity contribution in [1.82, 2.24) is 9.80 Å². The lowest BCUT2D eigenvalue weighted by Gasteiger charge is -2.46. The molecule has 190 valence electrons. The van der Waals surface area contributed by atoms with Crippen LogP contribution in [0.15, 0.2) is 41.5 Å². The second-order valence-electron chi connectivity index (χ2n) is 9.53. The summed E-state index contributed by atoms with van der Waals surface area (Å²) in [6.45, 7) is 5.90. The van der Waals surface area contributed by atoms with Crippen molar-refractivity contribution in [2.75, 3.05) is 37.8 Å². The summed E-state index contributed by atoms with van der Waals surface area (Å²) >= 11 is 0. The molecule has 2 aromatic rings. The van der Waals surface area contributed by atoms with Gasteiger partial charge < -0.3 is 20.2 Å². The fraction of sp³-hybridized carbons (Fsp3) is 0.423. The Bertz CT molecular complexity index is 1190. The number of morpholine rings is 1. The third kappa shape index (κ3) is 4.79. The number of rotatable bonds is 6. The Morgan fingerprint density at radius 2 is 2.11 bits per heavy atom. The van der Waals surface area contributed by atoms with E-state index in [9.17, 15) is 9.59 Å². The SMILES string of the molecule is Cc1c(C2CN3CCN(C(=O)CCc4cccc(N(N)/C=N\N)c4)CC3CO2)ccc2c1COC2=O. The van der Waals surface area contributed by atoms with Crippen molar-refractivity contribution in [2.45, 2.75) is 38.5 Å². The summed E-state index contributed by atoms with van der Waals surface area (Å²) in [5.41, 5.74) is 5.60. The molecule has 0 spiro atoms. The van der Waals surface area contributed by atoms with E-state index in [2.05, 4.69) is 10.0 Å². The Labute approximate surface area is 210 Å². The van der Waals surface area contributed by atoms with E-state index in [4.69, 9.17) is 21.2 Å². The van der Waals surface area contributed by atoms with Crippen LogP contribution >= 0.6 is 0 Å². The van der Waals surface area contributed by atoms with Crippen molar-refractivity contribution in [1.29, 1.82) is 0 Å². The highest BCUT2D eigenvalue weighted by Crippen LogP contribution is 2.33. The lowest BCUT2D eigenvalue weighted by molar-refractivity contribution is -0.140. The van der Waals surface area contributed by atoms with E-state index < -0.39 is 0 Å². The van der Waals surface area contributed by atoms with Crippen LogP contribution in [-0.4, -0.2) is 66.8 Å². The van der Waals surface area contributed by atoms with Crippen LogP contribution in [0.5, 0.6) is 0 Å². The highest BCUT2D eigenvalue weighted by Gasteiger charge is 2.36. The zero-order valence-electron chi connectivity index (χ0n) is 20.4. The van der Waals surface area contributed by atoms with Crippen molar-refractivity contribution in [3.8, 4) is 0 Å². The Morgan fingerprint density at radius 3 is 2.94 bits per heavy atom. The van der Waals surface area contributed by atoms with E-state index in [1.807, 2.05) is 48.2 Å². The molecule has 36 heavy (non-hydrogen) atoms. The molecule has 2 fully saturated rings. The standard InChI is InChI=1S/C26H32N6O4/c1-17-21(6-7-22-23(17)15-36-26(22)34)24-13-30-9-10-31(12-20(30)14-35-24)25(33)8-5-18-3-2-4-19(11-18)32(28)16-29-27/h2-4,6-7,11,16,20,24H,5,8-10,12-15,27-28H2,1H3/b29-16-. The molecule has 2 unspecified atom stereocenters. The van der Waals surface area contributed by atoms with E-state index in [0.717, 1.165) is 41.0 Å². The molecule has 0 radical (unpaired) electrons. The van der Waals surface area contributed by atoms with Gasteiger partial charge in [-0.25, -0.2) is 10.6 Å². The molecule has 0 saturated carbocycles. The number of ether oxygens (including phenoxy) is 2. The van der Waals surface area contributed by atoms with E-state index in [1.165, 1.54) is 11.3 Å². The molecule has 2 aromatic carbocycles. The largest absolute Gasteiger partial charge is 0.457 e. The van der Waals surface area contributed by atoms with Gasteiger partial charge in [0.1, 0.15) is 12.9 Å². The van der Waals surface area contributed by atoms with Crippen molar-refractivity contribution < 1.29 is 19.1 Å². The fourth-order valence-electron chi connectivity index (χ4n) is 5.34. The summed E-state index contributed by atoms with van der Waals surface area (Å²) in [5.74, 6) is 11.0. The number of nitrogens with two attached hydrogens (primary N) is 2. The molecule has 2 saturated heterocycles. The fourth-order valence-corrected chi connectivity index (χ4v) is 5.34. The minimum atomic E-state index is -0.250. The van der Waals surface area contributed by atoms with Crippen LogP contribution < -0.4 is 16.7 Å². The number of hydrazine groups is 1. The normalized spacial score (nSPS) is 21.8. The first-order chi connectivity index (χ1) is 17.4. The Morgan fingerprint density at radius 1 is 1.25 bits per heavy atom. The van der Waals surface area contributed by atoms with Gasteiger partial charge in [0.2, 0.25) is 5.91 Å². The minimum Gasteiger partial charge on any atom is -0.457 e. The predicted octanol–water partition coefficient (Wildman–Crippen LogP) is 1.46. The Hall–Kier alpha value is -3.47. The summed E-state index contributed by atoms with van der Waals surface area (Å²) in [5, 5.41) is 4.78. The summed E-state index contributed by atoms with van der Waals surface area (Å²) in [6, 6.07) is 11.7. The van der Waals surface area contributed by atoms with Crippen LogP contribution in [0.2, 0.25) is 0 Å². The number of anilines is 1. The highest BCUT2D eigenvalue weighted by atomic mass is 16.5. The number of aryl methyl sites for hydroxylation is 1. The highest BCUT2D eigenvalue weighted by molar-refractivity contribution is 5.94. The lowest BCUT2D eigenvalue weighted by atomic mass is 9.94. The average Bonchev–Trinajstić information content (AvgIpc) is 3.28. The first kappa shape index (κ1) is 24.2. The molecule has 3 aliphatic rings. The Kier molecular flexibility index (Phi) is 6.90. The molecule has 10 nitrogen and oxygen atoms in total. The molecule has 3 aliphatic heterocycles. The van der Waals surface area contributed by atoms with Gasteiger partial charge in [-0.2, -0.15) is 5.10 Å². The van der Waals surface area contributed by atoms with Crippen molar-refractivity contribution >= 4 is 23.9 Å². The number of hydrazone groups is 1. The number of amides is 1. The van der Waals surface area contributed by atoms with Crippen LogP contribution in [0.1, 0.15) is 45.1 Å². The smallest absolute Gasteiger partial charge is 0.338 e. The number of hydrogen-bond acceptors (Lipinski definition) is 8. The zero-order chi connectivity index (χ0) is 25.2. The second-order valence-corrected chi connectivity index (χ2v) is 9.53. The molecule has 10 heteroatoms. The van der Waals surface area contributed by atoms with E-state index in [1.54, 1.807) is 0 Å². The van der Waals surface area contributed by atoms with Gasteiger partial charge in [0.25, 0.3) is 0 Å². The average molecular weight is 493 g/mol. The maximum absolute atomic E-state index is 13.0.